The number of benzene rings is 1. The van der Waals surface area contributed by atoms with E-state index >= 15 is 0 Å². The number of hydrogen-bond donors (Lipinski definition) is 2. The predicted octanol–water partition coefficient (Wildman–Crippen LogP) is 4.40. The van der Waals surface area contributed by atoms with Gasteiger partial charge in [0.15, 0.2) is 0 Å². The molecule has 2 N–H and O–H groups in total. The normalized spacial score (nSPS) is 20.2. The fourth-order valence-electron chi connectivity index (χ4n) is 5.61. The highest BCUT2D eigenvalue weighted by atomic mass is 32.1. The van der Waals surface area contributed by atoms with Gasteiger partial charge in [-0.15, -0.1) is 0 Å². The number of hydrogen-bond acceptors (Lipinski definition) is 7. The molecule has 1 aromatic carbocycles. The van der Waals surface area contributed by atoms with Gasteiger partial charge in [0.25, 0.3) is 0 Å². The molecule has 1 aliphatic carbocycles. The zero-order valence-corrected chi connectivity index (χ0v) is 22.7. The molecular weight excluding hydrogens is 484 g/mol. The highest BCUT2D eigenvalue weighted by Crippen LogP contribution is 2.39. The van der Waals surface area contributed by atoms with Crippen molar-refractivity contribution in [2.45, 2.75) is 76.9 Å². The molecule has 3 heterocycles. The number of amides is 2. The monoisotopic (exact) mass is 520 g/mol. The van der Waals surface area contributed by atoms with Crippen molar-refractivity contribution in [1.82, 2.24) is 30.5 Å². The Morgan fingerprint density at radius 3 is 2.51 bits per heavy atom. The number of aryl methyl sites for hydroxylation is 1. The lowest BCUT2D eigenvalue weighted by Gasteiger charge is -2.35. The van der Waals surface area contributed by atoms with Crippen molar-refractivity contribution in [3.8, 4) is 11.3 Å². The number of fused-ring (bicyclic) bond motifs is 1. The molecule has 2 aliphatic rings. The summed E-state index contributed by atoms with van der Waals surface area (Å²) in [6, 6.07) is 9.10. The Bertz CT molecular complexity index is 1260. The van der Waals surface area contributed by atoms with Crippen LogP contribution in [0.2, 0.25) is 0 Å². The summed E-state index contributed by atoms with van der Waals surface area (Å²) in [6.07, 6.45) is 7.12. The number of nitrogens with zero attached hydrogens (tertiary/aromatic N) is 4. The largest absolute Gasteiger partial charge is 0.343 e. The van der Waals surface area contributed by atoms with E-state index < -0.39 is 6.04 Å². The Labute approximate surface area is 222 Å². The molecule has 3 aromatic rings. The molecular formula is C28H36N6O2S. The Hall–Kier alpha value is -2.91. The summed E-state index contributed by atoms with van der Waals surface area (Å²) < 4.78 is 0. The third-order valence-corrected chi connectivity index (χ3v) is 8.82. The van der Waals surface area contributed by atoms with E-state index in [0.717, 1.165) is 65.1 Å². The number of carbonyl (C=O) groups excluding carboxylic acids is 2. The van der Waals surface area contributed by atoms with Gasteiger partial charge in [-0.25, -0.2) is 15.0 Å². The maximum absolute atomic E-state index is 14.1. The summed E-state index contributed by atoms with van der Waals surface area (Å²) in [4.78, 5) is 44.1. The van der Waals surface area contributed by atoms with Crippen LogP contribution in [0, 0.1) is 12.8 Å². The summed E-state index contributed by atoms with van der Waals surface area (Å²) in [5, 5.41) is 7.01. The number of carbonyl (C=O) groups is 2. The smallest absolute Gasteiger partial charge is 0.246 e. The maximum atomic E-state index is 14.1. The van der Waals surface area contributed by atoms with E-state index in [-0.39, 0.29) is 29.8 Å². The number of thiazole rings is 1. The van der Waals surface area contributed by atoms with E-state index in [9.17, 15) is 9.59 Å². The van der Waals surface area contributed by atoms with Crippen LogP contribution in [-0.2, 0) is 9.59 Å². The molecule has 8 nitrogen and oxygen atoms in total. The summed E-state index contributed by atoms with van der Waals surface area (Å²) in [5.74, 6) is 0.778. The molecule has 9 heteroatoms. The minimum absolute atomic E-state index is 0.0239. The van der Waals surface area contributed by atoms with Crippen LogP contribution in [0.15, 0.2) is 30.3 Å². The van der Waals surface area contributed by atoms with Gasteiger partial charge in [-0.05, 0) is 52.5 Å². The molecule has 37 heavy (non-hydrogen) atoms. The summed E-state index contributed by atoms with van der Waals surface area (Å²) in [5.41, 5.74) is 2.62. The Balaban J connectivity index is 1.46. The van der Waals surface area contributed by atoms with Crippen LogP contribution < -0.4 is 10.6 Å². The van der Waals surface area contributed by atoms with E-state index in [2.05, 4.69) is 15.6 Å². The van der Waals surface area contributed by atoms with Gasteiger partial charge in [-0.2, -0.15) is 0 Å². The quantitative estimate of drug-likeness (QED) is 0.479. The summed E-state index contributed by atoms with van der Waals surface area (Å²) >= 11 is 1.55. The molecule has 0 radical (unpaired) electrons. The lowest BCUT2D eigenvalue weighted by atomic mass is 9.83. The van der Waals surface area contributed by atoms with Crippen molar-refractivity contribution in [3.05, 3.63) is 41.2 Å². The second-order valence-electron chi connectivity index (χ2n) is 10.3. The highest BCUT2D eigenvalue weighted by molar-refractivity contribution is 7.18. The molecule has 1 saturated carbocycles. The average Bonchev–Trinajstić information content (AvgIpc) is 3.58. The molecule has 0 bridgehead atoms. The second-order valence-corrected chi connectivity index (χ2v) is 11.3. The topological polar surface area (TPSA) is 100 Å². The summed E-state index contributed by atoms with van der Waals surface area (Å²) in [6.45, 7) is 4.40. The van der Waals surface area contributed by atoms with Crippen molar-refractivity contribution in [1.29, 1.82) is 0 Å². The van der Waals surface area contributed by atoms with Crippen LogP contribution in [0.4, 0.5) is 0 Å². The van der Waals surface area contributed by atoms with E-state index in [1.54, 1.807) is 18.4 Å². The molecule has 5 rings (SSSR count). The zero-order valence-electron chi connectivity index (χ0n) is 21.9. The zero-order chi connectivity index (χ0) is 25.9. The fourth-order valence-corrected chi connectivity index (χ4v) is 6.74. The van der Waals surface area contributed by atoms with E-state index in [4.69, 9.17) is 9.97 Å². The van der Waals surface area contributed by atoms with Crippen LogP contribution in [0.5, 0.6) is 0 Å². The van der Waals surface area contributed by atoms with Gasteiger partial charge in [0, 0.05) is 12.1 Å². The number of nitrogens with one attached hydrogen (secondary N) is 2. The first-order valence-corrected chi connectivity index (χ1v) is 14.3. The van der Waals surface area contributed by atoms with Gasteiger partial charge in [0.05, 0.1) is 12.1 Å². The SMILES string of the molecule is CN[C@@H](C)C(=O)NC(C(=O)N1CCC[C@@H]1c1nc2c(-c3ccccc3)nc(C)nc2s1)C1CCCCC1. The molecule has 1 unspecified atom stereocenters. The van der Waals surface area contributed by atoms with Gasteiger partial charge in [0.1, 0.15) is 32.9 Å². The lowest BCUT2D eigenvalue weighted by Crippen LogP contribution is -2.55. The van der Waals surface area contributed by atoms with Crippen LogP contribution >= 0.6 is 11.3 Å². The highest BCUT2D eigenvalue weighted by Gasteiger charge is 2.40. The van der Waals surface area contributed by atoms with Gasteiger partial charge in [0.2, 0.25) is 11.8 Å². The number of likely N-dealkylation sites (tertiary alicyclic amines) is 1. The number of likely N-dealkylation sites (N-methyl/N-ethyl adjacent to an activating group) is 1. The molecule has 2 aromatic heterocycles. The maximum Gasteiger partial charge on any atom is 0.246 e. The second kappa shape index (κ2) is 11.2. The van der Waals surface area contributed by atoms with E-state index in [1.165, 1.54) is 6.42 Å². The van der Waals surface area contributed by atoms with E-state index in [1.807, 2.05) is 49.1 Å². The van der Waals surface area contributed by atoms with Gasteiger partial charge in [-0.1, -0.05) is 60.9 Å². The molecule has 0 spiro atoms. The third kappa shape index (κ3) is 5.38. The molecule has 196 valence electrons. The Morgan fingerprint density at radius 1 is 1.03 bits per heavy atom. The van der Waals surface area contributed by atoms with E-state index in [0.29, 0.717) is 12.4 Å². The Kier molecular flexibility index (Phi) is 7.81. The lowest BCUT2D eigenvalue weighted by molar-refractivity contribution is -0.139. The first-order chi connectivity index (χ1) is 18.0. The molecule has 3 atom stereocenters. The minimum Gasteiger partial charge on any atom is -0.343 e. The Morgan fingerprint density at radius 2 is 1.78 bits per heavy atom. The van der Waals surface area contributed by atoms with Gasteiger partial charge >= 0.3 is 0 Å². The molecule has 2 fully saturated rings. The average molecular weight is 521 g/mol. The standard InChI is InChI=1S/C28H36N6O2S/c1-17(29-3)25(35)32-23(20-13-8-5-9-14-20)28(36)34-16-10-15-21(34)26-33-24-22(19-11-6-4-7-12-19)30-18(2)31-27(24)37-26/h4,6-7,11-12,17,20-21,23,29H,5,8-10,13-16H2,1-3H3,(H,32,35)/t17-,21+,23?/m0/s1. The first-order valence-electron chi connectivity index (χ1n) is 13.4. The van der Waals surface area contributed by atoms with Crippen LogP contribution in [0.1, 0.15) is 68.7 Å². The molecule has 1 aliphatic heterocycles. The van der Waals surface area contributed by atoms with Crippen molar-refractivity contribution < 1.29 is 9.59 Å². The fraction of sp³-hybridized carbons (Fsp3) is 0.536. The number of aromatic nitrogens is 3. The van der Waals surface area contributed by atoms with Crippen molar-refractivity contribution in [2.24, 2.45) is 5.92 Å². The van der Waals surface area contributed by atoms with Gasteiger partial charge < -0.3 is 15.5 Å². The van der Waals surface area contributed by atoms with Crippen molar-refractivity contribution in [3.63, 3.8) is 0 Å². The van der Waals surface area contributed by atoms with Gasteiger partial charge in [-0.3, -0.25) is 9.59 Å². The van der Waals surface area contributed by atoms with Crippen LogP contribution in [0.25, 0.3) is 21.6 Å². The summed E-state index contributed by atoms with van der Waals surface area (Å²) in [7, 11) is 1.76. The molecule has 2 amide bonds. The van der Waals surface area contributed by atoms with Crippen molar-refractivity contribution >= 4 is 33.5 Å². The van der Waals surface area contributed by atoms with Crippen molar-refractivity contribution in [2.75, 3.05) is 13.6 Å². The molecule has 1 saturated heterocycles. The number of rotatable bonds is 7. The minimum atomic E-state index is -0.500. The van der Waals surface area contributed by atoms with Crippen LogP contribution in [0.3, 0.4) is 0 Å². The third-order valence-electron chi connectivity index (χ3n) is 7.77. The van der Waals surface area contributed by atoms with Crippen LogP contribution in [-0.4, -0.2) is 57.3 Å². The first kappa shape index (κ1) is 25.7. The predicted molar refractivity (Wildman–Crippen MR) is 146 cm³/mol.